The molecule has 18 heavy (non-hydrogen) atoms. The van der Waals surface area contributed by atoms with Crippen LogP contribution in [-0.2, 0) is 20.8 Å². The van der Waals surface area contributed by atoms with E-state index in [-0.39, 0.29) is 16.5 Å². The number of sulfonamides is 1. The minimum atomic E-state index is -3.65. The second-order valence-corrected chi connectivity index (χ2v) is 8.33. The highest BCUT2D eigenvalue weighted by Crippen LogP contribution is 2.24. The number of hydrogen-bond donors (Lipinski definition) is 1. The molecule has 0 fully saturated rings. The van der Waals surface area contributed by atoms with Crippen molar-refractivity contribution in [1.82, 2.24) is 4.72 Å². The van der Waals surface area contributed by atoms with E-state index >= 15 is 0 Å². The molecule has 4 nitrogen and oxygen atoms in total. The number of hydrogen-bond acceptors (Lipinski definition) is 3. The van der Waals surface area contributed by atoms with Gasteiger partial charge in [-0.2, -0.15) is 0 Å². The zero-order valence-corrected chi connectivity index (χ0v) is 13.6. The molecule has 102 valence electrons. The van der Waals surface area contributed by atoms with Gasteiger partial charge in [0, 0.05) is 33.3 Å². The summed E-state index contributed by atoms with van der Waals surface area (Å²) in [7, 11) is -4.64. The van der Waals surface area contributed by atoms with E-state index in [9.17, 15) is 12.6 Å². The van der Waals surface area contributed by atoms with Gasteiger partial charge >= 0.3 is 0 Å². The van der Waals surface area contributed by atoms with Gasteiger partial charge in [-0.3, -0.25) is 4.21 Å². The molecule has 1 N–H and O–H groups in total. The summed E-state index contributed by atoms with van der Waals surface area (Å²) in [5.74, 6) is 0.810. The van der Waals surface area contributed by atoms with Gasteiger partial charge in [-0.05, 0) is 18.2 Å². The highest BCUT2D eigenvalue weighted by atomic mass is 79.9. The first-order valence-corrected chi connectivity index (χ1v) is 9.30. The molecule has 0 saturated carbocycles. The lowest BCUT2D eigenvalue weighted by atomic mass is 10.4. The molecule has 1 aromatic rings. The van der Waals surface area contributed by atoms with Crippen LogP contribution in [0, 0.1) is 0 Å². The van der Waals surface area contributed by atoms with Crippen LogP contribution in [0.5, 0.6) is 0 Å². The van der Waals surface area contributed by atoms with Crippen molar-refractivity contribution in [2.75, 3.05) is 18.1 Å². The van der Waals surface area contributed by atoms with Crippen LogP contribution >= 0.6 is 27.5 Å². The van der Waals surface area contributed by atoms with Crippen LogP contribution in [0.2, 0.25) is 5.02 Å². The van der Waals surface area contributed by atoms with Gasteiger partial charge in [-0.1, -0.05) is 34.5 Å². The van der Waals surface area contributed by atoms with Gasteiger partial charge in [0.2, 0.25) is 10.0 Å². The molecule has 8 heteroatoms. The molecule has 0 aliphatic rings. The number of nitrogens with one attached hydrogen (secondary N) is 1. The van der Waals surface area contributed by atoms with Crippen molar-refractivity contribution in [2.45, 2.75) is 11.8 Å². The van der Waals surface area contributed by atoms with Crippen LogP contribution in [0.15, 0.2) is 27.6 Å². The predicted octanol–water partition coefficient (Wildman–Crippen LogP) is 2.15. The Hall–Kier alpha value is 0.0500. The number of halogens is 2. The Balaban J connectivity index is 2.77. The molecule has 0 saturated heterocycles. The highest BCUT2D eigenvalue weighted by molar-refractivity contribution is 9.10. The largest absolute Gasteiger partial charge is 0.260 e. The third kappa shape index (κ3) is 4.62. The third-order valence-electron chi connectivity index (χ3n) is 2.13. The topological polar surface area (TPSA) is 63.2 Å². The number of benzene rings is 1. The van der Waals surface area contributed by atoms with Gasteiger partial charge in [0.1, 0.15) is 4.90 Å². The predicted molar refractivity (Wildman–Crippen MR) is 77.9 cm³/mol. The van der Waals surface area contributed by atoms with E-state index in [0.29, 0.717) is 16.0 Å². The summed E-state index contributed by atoms with van der Waals surface area (Å²) in [5, 5.41) is 0.147. The van der Waals surface area contributed by atoms with Crippen LogP contribution in [0.4, 0.5) is 0 Å². The molecule has 0 heterocycles. The SMILES string of the molecule is CCS(=O)CCNS(=O)(=O)c1ccc(Br)cc1Cl. The molecule has 1 unspecified atom stereocenters. The molecule has 0 radical (unpaired) electrons. The summed E-state index contributed by atoms with van der Waals surface area (Å²) in [6, 6.07) is 4.54. The molecule has 0 aliphatic carbocycles. The second kappa shape index (κ2) is 7.00. The number of rotatable bonds is 6. The highest BCUT2D eigenvalue weighted by Gasteiger charge is 2.17. The molecule has 1 atom stereocenters. The molecular formula is C10H13BrClNO3S2. The van der Waals surface area contributed by atoms with Gasteiger partial charge in [-0.15, -0.1) is 0 Å². The Bertz CT molecular complexity index is 548. The van der Waals surface area contributed by atoms with Crippen molar-refractivity contribution in [1.29, 1.82) is 0 Å². The van der Waals surface area contributed by atoms with Crippen LogP contribution < -0.4 is 4.72 Å². The molecule has 1 rings (SSSR count). The fourth-order valence-corrected chi connectivity index (χ4v) is 4.02. The van der Waals surface area contributed by atoms with E-state index in [1.165, 1.54) is 12.1 Å². The smallest absolute Gasteiger partial charge is 0.242 e. The maximum atomic E-state index is 11.9. The summed E-state index contributed by atoms with van der Waals surface area (Å²) in [6.07, 6.45) is 0. The van der Waals surface area contributed by atoms with E-state index < -0.39 is 20.8 Å². The van der Waals surface area contributed by atoms with Crippen molar-refractivity contribution in [3.63, 3.8) is 0 Å². The van der Waals surface area contributed by atoms with Crippen molar-refractivity contribution >= 4 is 48.4 Å². The van der Waals surface area contributed by atoms with E-state index in [2.05, 4.69) is 20.7 Å². The second-order valence-electron chi connectivity index (χ2n) is 3.41. The van der Waals surface area contributed by atoms with Crippen LogP contribution in [0.3, 0.4) is 0 Å². The lowest BCUT2D eigenvalue weighted by Crippen LogP contribution is -2.28. The van der Waals surface area contributed by atoms with Crippen molar-refractivity contribution in [3.05, 3.63) is 27.7 Å². The Kier molecular flexibility index (Phi) is 6.26. The quantitative estimate of drug-likeness (QED) is 0.830. The summed E-state index contributed by atoms with van der Waals surface area (Å²) in [4.78, 5) is 0.0228. The zero-order valence-electron chi connectivity index (χ0n) is 9.65. The van der Waals surface area contributed by atoms with Gasteiger partial charge in [0.15, 0.2) is 0 Å². The first-order chi connectivity index (χ1) is 8.36. The van der Waals surface area contributed by atoms with Gasteiger partial charge in [0.25, 0.3) is 0 Å². The van der Waals surface area contributed by atoms with E-state index in [4.69, 9.17) is 11.6 Å². The van der Waals surface area contributed by atoms with E-state index in [0.717, 1.165) is 0 Å². The minimum absolute atomic E-state index is 0.0228. The Labute approximate surface area is 123 Å². The molecule has 1 aromatic carbocycles. The van der Waals surface area contributed by atoms with E-state index in [1.54, 1.807) is 13.0 Å². The lowest BCUT2D eigenvalue weighted by molar-refractivity contribution is 0.584. The van der Waals surface area contributed by atoms with Crippen molar-refractivity contribution in [3.8, 4) is 0 Å². The van der Waals surface area contributed by atoms with Crippen LogP contribution in [0.25, 0.3) is 0 Å². The van der Waals surface area contributed by atoms with Crippen LogP contribution in [-0.4, -0.2) is 30.7 Å². The first-order valence-electron chi connectivity index (χ1n) is 5.16. The first kappa shape index (κ1) is 16.1. The summed E-state index contributed by atoms with van der Waals surface area (Å²) >= 11 is 9.08. The molecule has 0 aromatic heterocycles. The zero-order chi connectivity index (χ0) is 13.8. The molecule has 0 amide bonds. The molecular weight excluding hydrogens is 362 g/mol. The molecule has 0 spiro atoms. The maximum Gasteiger partial charge on any atom is 0.242 e. The van der Waals surface area contributed by atoms with Gasteiger partial charge in [-0.25, -0.2) is 13.1 Å². The van der Waals surface area contributed by atoms with Gasteiger partial charge in [0.05, 0.1) is 5.02 Å². The summed E-state index contributed by atoms with van der Waals surface area (Å²) < 4.78 is 38.1. The average Bonchev–Trinajstić information content (AvgIpc) is 2.27. The summed E-state index contributed by atoms with van der Waals surface area (Å²) in [5.41, 5.74) is 0. The van der Waals surface area contributed by atoms with Gasteiger partial charge < -0.3 is 0 Å². The maximum absolute atomic E-state index is 11.9. The standard InChI is InChI=1S/C10H13BrClNO3S2/c1-2-17(14)6-5-13-18(15,16)10-4-3-8(11)7-9(10)12/h3-4,7,13H,2,5-6H2,1H3. The monoisotopic (exact) mass is 373 g/mol. The Morgan fingerprint density at radius 3 is 2.67 bits per heavy atom. The molecule has 0 bridgehead atoms. The normalized spacial score (nSPS) is 13.5. The minimum Gasteiger partial charge on any atom is -0.260 e. The average molecular weight is 375 g/mol. The third-order valence-corrected chi connectivity index (χ3v) is 5.87. The summed E-state index contributed by atoms with van der Waals surface area (Å²) in [6.45, 7) is 1.92. The fourth-order valence-electron chi connectivity index (χ4n) is 1.21. The fraction of sp³-hybridized carbons (Fsp3) is 0.400. The lowest BCUT2D eigenvalue weighted by Gasteiger charge is -2.08. The van der Waals surface area contributed by atoms with Crippen molar-refractivity contribution in [2.24, 2.45) is 0 Å². The van der Waals surface area contributed by atoms with E-state index in [1.807, 2.05) is 0 Å². The Morgan fingerprint density at radius 1 is 1.44 bits per heavy atom. The molecule has 0 aliphatic heterocycles. The van der Waals surface area contributed by atoms with Crippen molar-refractivity contribution < 1.29 is 12.6 Å². The van der Waals surface area contributed by atoms with Crippen LogP contribution in [0.1, 0.15) is 6.92 Å². The Morgan fingerprint density at radius 2 is 2.11 bits per heavy atom.